The summed E-state index contributed by atoms with van der Waals surface area (Å²) in [6, 6.07) is 43.7. The molecule has 0 aliphatic rings. The van der Waals surface area contributed by atoms with Crippen LogP contribution in [0.2, 0.25) is 0 Å². The first-order valence-corrected chi connectivity index (χ1v) is 20.8. The van der Waals surface area contributed by atoms with E-state index in [4.69, 9.17) is 0 Å². The molecule has 0 N–H and O–H groups in total. The fourth-order valence-corrected chi connectivity index (χ4v) is 10.3. The zero-order valence-corrected chi connectivity index (χ0v) is 35.7. The lowest BCUT2D eigenvalue weighted by Crippen LogP contribution is -2.10. The molecular weight excluding hydrogens is 673 g/mol. The Hall–Kier alpha value is -5.20. The average Bonchev–Trinajstić information content (AvgIpc) is 3.09. The number of hydrogen-bond donors (Lipinski definition) is 0. The van der Waals surface area contributed by atoms with E-state index in [2.05, 4.69) is 192 Å². The van der Waals surface area contributed by atoms with Gasteiger partial charge in [0.05, 0.1) is 0 Å². The van der Waals surface area contributed by atoms with Crippen LogP contribution in [-0.4, -0.2) is 0 Å². The maximum atomic E-state index is 2.57. The molecule has 0 fully saturated rings. The van der Waals surface area contributed by atoms with Crippen LogP contribution in [0.3, 0.4) is 0 Å². The van der Waals surface area contributed by atoms with Gasteiger partial charge in [0.1, 0.15) is 0 Å². The Morgan fingerprint density at radius 2 is 0.482 bits per heavy atom. The third-order valence-corrected chi connectivity index (χ3v) is 12.2. The van der Waals surface area contributed by atoms with Crippen LogP contribution < -0.4 is 0 Å². The van der Waals surface area contributed by atoms with E-state index in [0.717, 1.165) is 0 Å². The van der Waals surface area contributed by atoms with Gasteiger partial charge in [0.25, 0.3) is 0 Å². The fourth-order valence-electron chi connectivity index (χ4n) is 10.3. The maximum absolute atomic E-state index is 2.57. The zero-order valence-electron chi connectivity index (χ0n) is 35.7. The molecule has 0 bridgehead atoms. The van der Waals surface area contributed by atoms with Crippen LogP contribution in [-0.2, 0) is 0 Å². The van der Waals surface area contributed by atoms with Crippen molar-refractivity contribution in [1.29, 1.82) is 0 Å². The molecule has 0 heterocycles. The third kappa shape index (κ3) is 6.72. The van der Waals surface area contributed by atoms with Crippen molar-refractivity contribution in [2.24, 2.45) is 0 Å². The van der Waals surface area contributed by atoms with Crippen molar-refractivity contribution in [2.75, 3.05) is 0 Å². The third-order valence-electron chi connectivity index (χ3n) is 12.2. The van der Waals surface area contributed by atoms with Crippen LogP contribution in [0.4, 0.5) is 0 Å². The van der Waals surface area contributed by atoms with Crippen LogP contribution in [0, 0.1) is 55.4 Å². The van der Waals surface area contributed by atoms with Crippen LogP contribution in [0.1, 0.15) is 140 Å². The molecule has 0 spiro atoms. The lowest BCUT2D eigenvalue weighted by atomic mass is 9.75. The number of benzene rings is 8. The van der Waals surface area contributed by atoms with Crippen molar-refractivity contribution < 1.29 is 0 Å². The Balaban J connectivity index is 1.55. The van der Waals surface area contributed by atoms with Crippen molar-refractivity contribution >= 4 is 32.3 Å². The molecule has 8 aromatic carbocycles. The van der Waals surface area contributed by atoms with Gasteiger partial charge in [0.15, 0.2) is 0 Å². The molecule has 56 heavy (non-hydrogen) atoms. The maximum Gasteiger partial charge on any atom is 0.0346 e. The van der Waals surface area contributed by atoms with E-state index in [-0.39, 0.29) is 11.8 Å². The van der Waals surface area contributed by atoms with Crippen LogP contribution in [0.15, 0.2) is 109 Å². The Kier molecular flexibility index (Phi) is 9.69. The van der Waals surface area contributed by atoms with E-state index in [0.29, 0.717) is 11.8 Å². The number of hydrogen-bond acceptors (Lipinski definition) is 0. The molecule has 0 nitrogen and oxygen atoms in total. The van der Waals surface area contributed by atoms with Gasteiger partial charge < -0.3 is 0 Å². The van der Waals surface area contributed by atoms with E-state index in [1.165, 1.54) is 121 Å². The Morgan fingerprint density at radius 1 is 0.268 bits per heavy atom. The van der Waals surface area contributed by atoms with E-state index in [9.17, 15) is 0 Å². The number of rotatable bonds is 8. The second-order valence-corrected chi connectivity index (χ2v) is 18.0. The topological polar surface area (TPSA) is 0 Å². The first kappa shape index (κ1) is 37.7. The molecular formula is C56H58. The molecule has 0 amide bonds. The largest absolute Gasteiger partial charge is 0.0587 e. The quantitative estimate of drug-likeness (QED) is 0.108. The van der Waals surface area contributed by atoms with Crippen molar-refractivity contribution in [2.45, 2.75) is 107 Å². The first-order chi connectivity index (χ1) is 26.7. The molecule has 0 aromatic heterocycles. The Morgan fingerprint density at radius 3 is 0.696 bits per heavy atom. The first-order valence-electron chi connectivity index (χ1n) is 20.8. The van der Waals surface area contributed by atoms with Crippen molar-refractivity contribution in [3.8, 4) is 0 Å². The summed E-state index contributed by atoms with van der Waals surface area (Å²) >= 11 is 0. The average molecular weight is 731 g/mol. The van der Waals surface area contributed by atoms with E-state index in [1.54, 1.807) is 0 Å². The molecule has 0 atom stereocenters. The highest BCUT2D eigenvalue weighted by Crippen LogP contribution is 2.49. The van der Waals surface area contributed by atoms with Crippen molar-refractivity contribution in [3.63, 3.8) is 0 Å². The van der Waals surface area contributed by atoms with Gasteiger partial charge in [-0.05, 0) is 144 Å². The van der Waals surface area contributed by atoms with E-state index < -0.39 is 0 Å². The lowest BCUT2D eigenvalue weighted by Gasteiger charge is -2.29. The van der Waals surface area contributed by atoms with E-state index in [1.807, 2.05) is 0 Å². The highest BCUT2D eigenvalue weighted by Gasteiger charge is 2.28. The van der Waals surface area contributed by atoms with E-state index >= 15 is 0 Å². The lowest BCUT2D eigenvalue weighted by molar-refractivity contribution is 0.867. The Bertz CT molecular complexity index is 2410. The summed E-state index contributed by atoms with van der Waals surface area (Å²) < 4.78 is 0. The molecule has 0 radical (unpaired) electrons. The molecule has 0 aliphatic carbocycles. The van der Waals surface area contributed by atoms with Crippen LogP contribution >= 0.6 is 0 Å². The molecule has 0 saturated carbocycles. The fraction of sp³-hybridized carbons (Fsp3) is 0.286. The van der Waals surface area contributed by atoms with Gasteiger partial charge in [-0.3, -0.25) is 0 Å². The van der Waals surface area contributed by atoms with Crippen LogP contribution in [0.25, 0.3) is 32.3 Å². The minimum absolute atomic E-state index is 0.0941. The second-order valence-electron chi connectivity index (χ2n) is 18.0. The minimum Gasteiger partial charge on any atom is -0.0587 e. The SMILES string of the molecule is Cc1cc(C)cc(C(c2cc(C)cc(C)c2)c2cc(C(C)C)c3ccc4c(C(c5cc(C)cc(C)c5)c5cc(C)cc(C)c5)cc(C(C)C)c5ccc2c3c54)c1. The summed E-state index contributed by atoms with van der Waals surface area (Å²) in [4.78, 5) is 0. The van der Waals surface area contributed by atoms with Gasteiger partial charge in [0, 0.05) is 11.8 Å². The van der Waals surface area contributed by atoms with Gasteiger partial charge in [-0.2, -0.15) is 0 Å². The normalized spacial score (nSPS) is 12.2. The van der Waals surface area contributed by atoms with Gasteiger partial charge in [0.2, 0.25) is 0 Å². The Labute approximate surface area is 336 Å². The van der Waals surface area contributed by atoms with Crippen molar-refractivity contribution in [3.05, 3.63) is 198 Å². The summed E-state index contributed by atoms with van der Waals surface area (Å²) in [7, 11) is 0. The van der Waals surface area contributed by atoms with Gasteiger partial charge in [-0.25, -0.2) is 0 Å². The summed E-state index contributed by atoms with van der Waals surface area (Å²) in [5.41, 5.74) is 21.6. The van der Waals surface area contributed by atoms with Gasteiger partial charge in [-0.1, -0.05) is 181 Å². The zero-order chi connectivity index (χ0) is 39.7. The van der Waals surface area contributed by atoms with Gasteiger partial charge >= 0.3 is 0 Å². The van der Waals surface area contributed by atoms with Crippen LogP contribution in [0.5, 0.6) is 0 Å². The predicted octanol–water partition coefficient (Wildman–Crippen LogP) is 15.7. The highest BCUT2D eigenvalue weighted by atomic mass is 14.3. The molecule has 0 heteroatoms. The molecule has 282 valence electrons. The summed E-state index contributed by atoms with van der Waals surface area (Å²) in [6.45, 7) is 27.5. The minimum atomic E-state index is 0.0941. The summed E-state index contributed by atoms with van der Waals surface area (Å²) in [5.74, 6) is 0.910. The summed E-state index contributed by atoms with van der Waals surface area (Å²) in [6.07, 6.45) is 0. The molecule has 0 aliphatic heterocycles. The van der Waals surface area contributed by atoms with Crippen molar-refractivity contribution in [1.82, 2.24) is 0 Å². The molecule has 8 rings (SSSR count). The molecule has 0 saturated heterocycles. The van der Waals surface area contributed by atoms with Gasteiger partial charge in [-0.15, -0.1) is 0 Å². The molecule has 8 aromatic rings. The monoisotopic (exact) mass is 730 g/mol. The summed E-state index contributed by atoms with van der Waals surface area (Å²) in [5, 5.41) is 8.35. The molecule has 0 unspecified atom stereocenters. The smallest absolute Gasteiger partial charge is 0.0346 e. The predicted molar refractivity (Wildman–Crippen MR) is 244 cm³/mol. The number of aryl methyl sites for hydroxylation is 8. The highest BCUT2D eigenvalue weighted by molar-refractivity contribution is 6.26. The second kappa shape index (κ2) is 14.4. The standard InChI is InChI=1S/C56H58/c1-31(2)49-29-51(53(41-21-33(5)17-34(6)22-41)42-23-35(7)18-36(8)24-42)47-16-14-46-50(32(3)4)30-52(48-15-13-45(49)55(47)56(46)48)54(43-25-37(9)19-38(10)26-43)44-27-39(11)20-40(12)28-44/h13-32,53-54H,1-12H3.